The molecule has 4 nitrogen and oxygen atoms in total. The molecular formula is C19H22Cl2F3NO3S. The van der Waals surface area contributed by atoms with Crippen molar-refractivity contribution in [2.24, 2.45) is 5.92 Å². The van der Waals surface area contributed by atoms with E-state index in [9.17, 15) is 26.4 Å². The van der Waals surface area contributed by atoms with E-state index in [0.29, 0.717) is 17.1 Å². The van der Waals surface area contributed by atoms with Gasteiger partial charge in [0.2, 0.25) is 15.9 Å². The summed E-state index contributed by atoms with van der Waals surface area (Å²) in [4.78, 5) is 12.6. The molecule has 0 heterocycles. The Morgan fingerprint density at radius 1 is 1.10 bits per heavy atom. The third kappa shape index (κ3) is 7.19. The van der Waals surface area contributed by atoms with Crippen molar-refractivity contribution in [2.75, 3.05) is 10.6 Å². The number of rotatable bonds is 6. The minimum atomic E-state index is -4.58. The molecule has 1 aromatic rings. The van der Waals surface area contributed by atoms with Crippen LogP contribution in [0.15, 0.2) is 29.8 Å². The molecule has 0 aromatic heterocycles. The van der Waals surface area contributed by atoms with Crippen LogP contribution in [0.25, 0.3) is 0 Å². The number of amides is 1. The quantitative estimate of drug-likeness (QED) is 0.468. The van der Waals surface area contributed by atoms with Crippen LogP contribution in [0.5, 0.6) is 0 Å². The van der Waals surface area contributed by atoms with Gasteiger partial charge in [-0.25, -0.2) is 12.7 Å². The van der Waals surface area contributed by atoms with Crippen molar-refractivity contribution in [1.29, 1.82) is 0 Å². The van der Waals surface area contributed by atoms with Crippen molar-refractivity contribution in [2.45, 2.75) is 51.1 Å². The van der Waals surface area contributed by atoms with Crippen LogP contribution in [-0.4, -0.2) is 26.8 Å². The van der Waals surface area contributed by atoms with Crippen LogP contribution >= 0.6 is 23.2 Å². The Morgan fingerprint density at radius 3 is 2.14 bits per heavy atom. The van der Waals surface area contributed by atoms with E-state index in [4.69, 9.17) is 23.2 Å². The van der Waals surface area contributed by atoms with Gasteiger partial charge in [0.15, 0.2) is 0 Å². The molecule has 29 heavy (non-hydrogen) atoms. The predicted molar refractivity (Wildman–Crippen MR) is 109 cm³/mol. The summed E-state index contributed by atoms with van der Waals surface area (Å²) in [5.74, 6) is -1.15. The van der Waals surface area contributed by atoms with Crippen LogP contribution in [0.4, 0.5) is 18.9 Å². The zero-order valence-electron chi connectivity index (χ0n) is 15.8. The van der Waals surface area contributed by atoms with E-state index >= 15 is 0 Å². The molecule has 10 heteroatoms. The van der Waals surface area contributed by atoms with E-state index in [0.717, 1.165) is 25.5 Å². The molecule has 0 atom stereocenters. The summed E-state index contributed by atoms with van der Waals surface area (Å²) >= 11 is 11.7. The fraction of sp³-hybridized carbons (Fsp3) is 0.526. The Labute approximate surface area is 178 Å². The van der Waals surface area contributed by atoms with Crippen LogP contribution in [0.1, 0.15) is 44.9 Å². The molecular weight excluding hydrogens is 450 g/mol. The van der Waals surface area contributed by atoms with Crippen LogP contribution in [0.3, 0.4) is 0 Å². The summed E-state index contributed by atoms with van der Waals surface area (Å²) in [7, 11) is -4.10. The van der Waals surface area contributed by atoms with E-state index in [2.05, 4.69) is 0 Å². The van der Waals surface area contributed by atoms with Gasteiger partial charge in [0.1, 0.15) is 0 Å². The lowest BCUT2D eigenvalue weighted by Crippen LogP contribution is -2.36. The van der Waals surface area contributed by atoms with Crippen molar-refractivity contribution in [3.05, 3.63) is 39.9 Å². The fourth-order valence-corrected chi connectivity index (χ4v) is 4.89. The molecule has 162 valence electrons. The van der Waals surface area contributed by atoms with Gasteiger partial charge in [0, 0.05) is 22.0 Å². The van der Waals surface area contributed by atoms with E-state index in [1.165, 1.54) is 24.3 Å². The third-order valence-corrected chi connectivity index (χ3v) is 6.21. The third-order valence-electron chi connectivity index (χ3n) is 4.70. The molecule has 1 saturated carbocycles. The molecule has 0 bridgehead atoms. The van der Waals surface area contributed by atoms with Crippen LogP contribution < -0.4 is 4.31 Å². The SMILES string of the molecule is CS(=O)(=O)N(C(=O)CCC(=CC1CCCCC1)C(F)(F)F)c1cc(Cl)cc(Cl)c1. The minimum absolute atomic E-state index is 0.0992. The summed E-state index contributed by atoms with van der Waals surface area (Å²) in [6.07, 6.45) is 0.339. The van der Waals surface area contributed by atoms with E-state index < -0.39 is 40.5 Å². The molecule has 0 spiro atoms. The number of sulfonamides is 1. The summed E-state index contributed by atoms with van der Waals surface area (Å²) in [5, 5.41) is 0.198. The molecule has 0 unspecified atom stereocenters. The van der Waals surface area contributed by atoms with Crippen molar-refractivity contribution in [1.82, 2.24) is 0 Å². The highest BCUT2D eigenvalue weighted by Crippen LogP contribution is 2.35. The van der Waals surface area contributed by atoms with Gasteiger partial charge in [0.25, 0.3) is 0 Å². The molecule has 1 aliphatic carbocycles. The highest BCUT2D eigenvalue weighted by atomic mass is 35.5. The molecule has 0 N–H and O–H groups in total. The lowest BCUT2D eigenvalue weighted by atomic mass is 9.87. The second-order valence-corrected chi connectivity index (χ2v) is 9.84. The first-order chi connectivity index (χ1) is 13.4. The number of hydrogen-bond acceptors (Lipinski definition) is 3. The van der Waals surface area contributed by atoms with Gasteiger partial charge in [0.05, 0.1) is 11.9 Å². The maximum Gasteiger partial charge on any atom is 0.412 e. The Balaban J connectivity index is 2.24. The number of allylic oxidation sites excluding steroid dienone is 2. The average molecular weight is 472 g/mol. The van der Waals surface area contributed by atoms with Gasteiger partial charge in [-0.15, -0.1) is 0 Å². The summed E-state index contributed by atoms with van der Waals surface area (Å²) in [6, 6.07) is 3.79. The highest BCUT2D eigenvalue weighted by molar-refractivity contribution is 7.92. The van der Waals surface area contributed by atoms with Gasteiger partial charge in [-0.05, 0) is 43.4 Å². The molecule has 1 amide bonds. The number of halogens is 5. The topological polar surface area (TPSA) is 54.5 Å². The number of carbonyl (C=O) groups is 1. The molecule has 0 saturated heterocycles. The fourth-order valence-electron chi connectivity index (χ4n) is 3.43. The predicted octanol–water partition coefficient (Wildman–Crippen LogP) is 6.14. The van der Waals surface area contributed by atoms with Gasteiger partial charge in [-0.1, -0.05) is 48.5 Å². The maximum absolute atomic E-state index is 13.4. The number of carbonyl (C=O) groups excluding carboxylic acids is 1. The van der Waals surface area contributed by atoms with E-state index in [-0.39, 0.29) is 21.7 Å². The number of benzene rings is 1. The standard InChI is InChI=1S/C19H22Cl2F3NO3S/c1-29(27,28)25(17-11-15(20)10-16(21)12-17)18(26)8-7-14(19(22,23)24)9-13-5-3-2-4-6-13/h9-13H,2-8H2,1H3. The van der Waals surface area contributed by atoms with Gasteiger partial charge < -0.3 is 0 Å². The molecule has 0 radical (unpaired) electrons. The number of nitrogens with zero attached hydrogens (tertiary/aromatic N) is 1. The maximum atomic E-state index is 13.4. The molecule has 2 rings (SSSR count). The van der Waals surface area contributed by atoms with Crippen molar-refractivity contribution in [3.8, 4) is 0 Å². The highest BCUT2D eigenvalue weighted by Gasteiger charge is 2.35. The first kappa shape index (κ1) is 24.0. The summed E-state index contributed by atoms with van der Waals surface area (Å²) in [5.41, 5.74) is -0.907. The Bertz CT molecular complexity index is 859. The molecule has 1 aliphatic rings. The second-order valence-electron chi connectivity index (χ2n) is 7.14. The van der Waals surface area contributed by atoms with Crippen LogP contribution in [-0.2, 0) is 14.8 Å². The Morgan fingerprint density at radius 2 is 1.66 bits per heavy atom. The number of hydrogen-bond donors (Lipinski definition) is 0. The van der Waals surface area contributed by atoms with Gasteiger partial charge >= 0.3 is 6.18 Å². The smallest absolute Gasteiger partial charge is 0.273 e. The first-order valence-corrected chi connectivity index (χ1v) is 11.8. The lowest BCUT2D eigenvalue weighted by Gasteiger charge is -2.23. The average Bonchev–Trinajstić information content (AvgIpc) is 2.56. The minimum Gasteiger partial charge on any atom is -0.273 e. The lowest BCUT2D eigenvalue weighted by molar-refractivity contribution is -0.118. The largest absolute Gasteiger partial charge is 0.412 e. The normalized spacial score (nSPS) is 16.7. The molecule has 1 fully saturated rings. The van der Waals surface area contributed by atoms with Crippen molar-refractivity contribution >= 4 is 44.8 Å². The van der Waals surface area contributed by atoms with Crippen molar-refractivity contribution < 1.29 is 26.4 Å². The first-order valence-electron chi connectivity index (χ1n) is 9.15. The van der Waals surface area contributed by atoms with Gasteiger partial charge in [-0.2, -0.15) is 13.2 Å². The van der Waals surface area contributed by atoms with E-state index in [1.807, 2.05) is 0 Å². The van der Waals surface area contributed by atoms with Crippen LogP contribution in [0.2, 0.25) is 10.0 Å². The Hall–Kier alpha value is -1.25. The number of anilines is 1. The van der Waals surface area contributed by atoms with Crippen LogP contribution in [0, 0.1) is 5.92 Å². The number of alkyl halides is 3. The summed E-state index contributed by atoms with van der Waals surface area (Å²) in [6.45, 7) is 0. The zero-order valence-corrected chi connectivity index (χ0v) is 18.1. The zero-order chi connectivity index (χ0) is 21.8. The molecule has 1 aromatic carbocycles. The summed E-state index contributed by atoms with van der Waals surface area (Å²) < 4.78 is 65.0. The van der Waals surface area contributed by atoms with E-state index in [1.54, 1.807) is 0 Å². The Kier molecular flexibility index (Phi) is 8.04. The second kappa shape index (κ2) is 9.71. The monoisotopic (exact) mass is 471 g/mol. The van der Waals surface area contributed by atoms with Gasteiger partial charge in [-0.3, -0.25) is 4.79 Å². The van der Waals surface area contributed by atoms with Crippen molar-refractivity contribution in [3.63, 3.8) is 0 Å². The molecule has 0 aliphatic heterocycles.